The molecule has 2 aromatic rings. The molecule has 13 heavy (non-hydrogen) atoms. The summed E-state index contributed by atoms with van der Waals surface area (Å²) in [6.45, 7) is 0. The number of phenolic OH excluding ortho intramolecular Hbond substituents is 1. The number of aromatic nitrogens is 1. The molecular weight excluding hydrogens is 190 g/mol. The Morgan fingerprint density at radius 3 is 3.00 bits per heavy atom. The van der Waals surface area contributed by atoms with Crippen LogP contribution in [0.3, 0.4) is 0 Å². The van der Waals surface area contributed by atoms with Crippen molar-refractivity contribution in [1.29, 1.82) is 0 Å². The van der Waals surface area contributed by atoms with Crippen molar-refractivity contribution in [3.8, 4) is 11.5 Å². The van der Waals surface area contributed by atoms with Gasteiger partial charge in [-0.15, -0.1) is 0 Å². The van der Waals surface area contributed by atoms with E-state index in [1.165, 1.54) is 19.2 Å². The van der Waals surface area contributed by atoms with Gasteiger partial charge in [0.2, 0.25) is 0 Å². The van der Waals surface area contributed by atoms with Crippen molar-refractivity contribution in [2.75, 3.05) is 7.11 Å². The fourth-order valence-corrected chi connectivity index (χ4v) is 1.36. The van der Waals surface area contributed by atoms with Gasteiger partial charge in [-0.25, -0.2) is 0 Å². The maximum atomic E-state index is 9.26. The fourth-order valence-electron chi connectivity index (χ4n) is 1.17. The molecule has 1 aromatic heterocycles. The molecule has 0 aliphatic rings. The molecule has 0 radical (unpaired) electrons. The second-order valence-corrected chi connectivity index (χ2v) is 2.91. The van der Waals surface area contributed by atoms with E-state index in [4.69, 9.17) is 21.4 Å². The Kier molecular flexibility index (Phi) is 1.73. The highest BCUT2D eigenvalue weighted by Gasteiger charge is 2.07. The number of methoxy groups -OCH3 is 1. The van der Waals surface area contributed by atoms with E-state index in [-0.39, 0.29) is 10.6 Å². The third-order valence-corrected chi connectivity index (χ3v) is 1.89. The van der Waals surface area contributed by atoms with Crippen molar-refractivity contribution < 1.29 is 14.3 Å². The summed E-state index contributed by atoms with van der Waals surface area (Å²) < 4.78 is 10.1. The molecule has 4 nitrogen and oxygen atoms in total. The number of aromatic amines is 1. The highest BCUT2D eigenvalue weighted by molar-refractivity contribution is 7.71. The first-order chi connectivity index (χ1) is 6.20. The van der Waals surface area contributed by atoms with Crippen LogP contribution in [0.4, 0.5) is 0 Å². The number of ether oxygens (including phenoxy) is 1. The number of rotatable bonds is 1. The Morgan fingerprint density at radius 2 is 2.31 bits per heavy atom. The van der Waals surface area contributed by atoms with Crippen LogP contribution in [0.1, 0.15) is 0 Å². The topological polar surface area (TPSA) is 58.4 Å². The number of nitrogens with one attached hydrogen (secondary N) is 1. The molecule has 2 rings (SSSR count). The molecule has 0 aliphatic carbocycles. The normalized spacial score (nSPS) is 10.5. The maximum Gasteiger partial charge on any atom is 0.267 e. The zero-order chi connectivity index (χ0) is 9.42. The molecule has 0 spiro atoms. The van der Waals surface area contributed by atoms with Gasteiger partial charge in [0.15, 0.2) is 5.58 Å². The van der Waals surface area contributed by atoms with E-state index < -0.39 is 0 Å². The SMILES string of the molecule is COc1cc(O)cc2oc(=S)[nH]c12. The summed E-state index contributed by atoms with van der Waals surface area (Å²) in [5.74, 6) is 0.594. The van der Waals surface area contributed by atoms with Crippen molar-refractivity contribution in [1.82, 2.24) is 4.98 Å². The molecule has 1 heterocycles. The van der Waals surface area contributed by atoms with Gasteiger partial charge >= 0.3 is 0 Å². The van der Waals surface area contributed by atoms with Crippen LogP contribution in [-0.2, 0) is 0 Å². The first-order valence-electron chi connectivity index (χ1n) is 3.60. The largest absolute Gasteiger partial charge is 0.508 e. The number of H-pyrrole nitrogens is 1. The van der Waals surface area contributed by atoms with E-state index >= 15 is 0 Å². The number of hydrogen-bond donors (Lipinski definition) is 2. The predicted molar refractivity (Wildman–Crippen MR) is 49.6 cm³/mol. The van der Waals surface area contributed by atoms with Gasteiger partial charge in [-0.2, -0.15) is 0 Å². The lowest BCUT2D eigenvalue weighted by Gasteiger charge is -2.00. The Hall–Kier alpha value is -1.49. The Bertz CT molecular complexity index is 500. The Morgan fingerprint density at radius 1 is 1.54 bits per heavy atom. The smallest absolute Gasteiger partial charge is 0.267 e. The zero-order valence-electron chi connectivity index (χ0n) is 6.83. The van der Waals surface area contributed by atoms with Crippen molar-refractivity contribution in [2.24, 2.45) is 0 Å². The minimum absolute atomic E-state index is 0.0853. The van der Waals surface area contributed by atoms with Gasteiger partial charge in [0.25, 0.3) is 4.84 Å². The summed E-state index contributed by atoms with van der Waals surface area (Å²) in [6.07, 6.45) is 0. The first-order valence-corrected chi connectivity index (χ1v) is 4.01. The lowest BCUT2D eigenvalue weighted by Crippen LogP contribution is -1.83. The Balaban J connectivity index is 2.88. The summed E-state index contributed by atoms with van der Waals surface area (Å²) in [6, 6.07) is 2.97. The van der Waals surface area contributed by atoms with Crippen LogP contribution in [0.2, 0.25) is 0 Å². The molecule has 0 unspecified atom stereocenters. The minimum atomic E-state index is 0.0853. The number of aromatic hydroxyl groups is 1. The average Bonchev–Trinajstić information content (AvgIpc) is 2.43. The Labute approximate surface area is 78.8 Å². The summed E-state index contributed by atoms with van der Waals surface area (Å²) >= 11 is 4.80. The van der Waals surface area contributed by atoms with Crippen molar-refractivity contribution in [3.05, 3.63) is 17.0 Å². The van der Waals surface area contributed by atoms with E-state index in [1.807, 2.05) is 0 Å². The number of benzene rings is 1. The maximum absolute atomic E-state index is 9.26. The predicted octanol–water partition coefficient (Wildman–Crippen LogP) is 2.20. The van der Waals surface area contributed by atoms with Crippen LogP contribution >= 0.6 is 12.2 Å². The molecule has 0 amide bonds. The van der Waals surface area contributed by atoms with Crippen LogP contribution in [-0.4, -0.2) is 17.2 Å². The average molecular weight is 197 g/mol. The number of phenols is 1. The fraction of sp³-hybridized carbons (Fsp3) is 0.125. The van der Waals surface area contributed by atoms with Gasteiger partial charge < -0.3 is 19.2 Å². The molecular formula is C8H7NO3S. The molecule has 2 N–H and O–H groups in total. The van der Waals surface area contributed by atoms with Crippen LogP contribution in [0, 0.1) is 4.84 Å². The summed E-state index contributed by atoms with van der Waals surface area (Å²) in [5.41, 5.74) is 1.15. The van der Waals surface area contributed by atoms with Crippen LogP contribution < -0.4 is 4.74 Å². The highest BCUT2D eigenvalue weighted by Crippen LogP contribution is 2.29. The second-order valence-electron chi connectivity index (χ2n) is 2.54. The molecule has 0 bridgehead atoms. The van der Waals surface area contributed by atoms with E-state index in [0.29, 0.717) is 16.8 Å². The number of oxazole rings is 1. The third kappa shape index (κ3) is 1.27. The molecule has 5 heteroatoms. The lowest BCUT2D eigenvalue weighted by molar-refractivity contribution is 0.411. The molecule has 1 aromatic carbocycles. The molecule has 68 valence electrons. The highest BCUT2D eigenvalue weighted by atomic mass is 32.1. The van der Waals surface area contributed by atoms with Crippen LogP contribution in [0.5, 0.6) is 11.5 Å². The number of fused-ring (bicyclic) bond motifs is 1. The summed E-state index contributed by atoms with van der Waals surface area (Å²) in [4.78, 5) is 3.08. The minimum Gasteiger partial charge on any atom is -0.508 e. The zero-order valence-corrected chi connectivity index (χ0v) is 7.64. The van der Waals surface area contributed by atoms with Gasteiger partial charge in [0.1, 0.15) is 17.0 Å². The third-order valence-electron chi connectivity index (χ3n) is 1.70. The van der Waals surface area contributed by atoms with Crippen molar-refractivity contribution in [3.63, 3.8) is 0 Å². The van der Waals surface area contributed by atoms with Gasteiger partial charge in [-0.1, -0.05) is 0 Å². The summed E-state index contributed by atoms with van der Waals surface area (Å²) in [7, 11) is 1.51. The monoisotopic (exact) mass is 197 g/mol. The van der Waals surface area contributed by atoms with Gasteiger partial charge in [-0.3, -0.25) is 0 Å². The van der Waals surface area contributed by atoms with E-state index in [0.717, 1.165) is 0 Å². The quantitative estimate of drug-likeness (QED) is 0.688. The molecule has 0 aliphatic heterocycles. The molecule has 0 atom stereocenters. The van der Waals surface area contributed by atoms with Gasteiger partial charge in [0, 0.05) is 12.1 Å². The van der Waals surface area contributed by atoms with Crippen molar-refractivity contribution >= 4 is 23.3 Å². The first kappa shape index (κ1) is 8.12. The molecule has 0 fully saturated rings. The van der Waals surface area contributed by atoms with Crippen LogP contribution in [0.25, 0.3) is 11.1 Å². The van der Waals surface area contributed by atoms with Crippen molar-refractivity contribution in [2.45, 2.75) is 0 Å². The second kappa shape index (κ2) is 2.77. The van der Waals surface area contributed by atoms with E-state index in [9.17, 15) is 5.11 Å². The van der Waals surface area contributed by atoms with E-state index in [1.54, 1.807) is 0 Å². The lowest BCUT2D eigenvalue weighted by atomic mass is 10.3. The molecule has 0 saturated carbocycles. The standard InChI is InChI=1S/C8H7NO3S/c1-11-5-2-4(10)3-6-7(5)9-8(13)12-6/h2-3,10H,1H3,(H,9,13). The van der Waals surface area contributed by atoms with Gasteiger partial charge in [0.05, 0.1) is 7.11 Å². The number of hydrogen-bond acceptors (Lipinski definition) is 4. The van der Waals surface area contributed by atoms with Gasteiger partial charge in [-0.05, 0) is 12.2 Å². The van der Waals surface area contributed by atoms with Crippen LogP contribution in [0.15, 0.2) is 16.5 Å². The molecule has 0 saturated heterocycles. The van der Waals surface area contributed by atoms with E-state index in [2.05, 4.69) is 4.98 Å². The summed E-state index contributed by atoms with van der Waals surface area (Å²) in [5, 5.41) is 9.26.